The van der Waals surface area contributed by atoms with Crippen molar-refractivity contribution < 1.29 is 17.9 Å². The second-order valence-electron chi connectivity index (χ2n) is 3.93. The highest BCUT2D eigenvalue weighted by Crippen LogP contribution is 2.29. The molecule has 0 spiro atoms. The van der Waals surface area contributed by atoms with E-state index in [-0.39, 0.29) is 17.7 Å². The molecule has 17 heavy (non-hydrogen) atoms. The first-order valence-electron chi connectivity index (χ1n) is 5.06. The Balaban J connectivity index is 2.85. The van der Waals surface area contributed by atoms with Crippen molar-refractivity contribution in [1.82, 2.24) is 0 Å². The molecule has 0 aliphatic rings. The zero-order valence-corrected chi connectivity index (χ0v) is 9.45. The van der Waals surface area contributed by atoms with Gasteiger partial charge in [0.2, 0.25) is 0 Å². The van der Waals surface area contributed by atoms with E-state index in [0.29, 0.717) is 5.56 Å². The van der Waals surface area contributed by atoms with Gasteiger partial charge in [0.1, 0.15) is 5.75 Å². The molecule has 0 saturated heterocycles. The van der Waals surface area contributed by atoms with Gasteiger partial charge in [-0.2, -0.15) is 0 Å². The highest BCUT2D eigenvalue weighted by molar-refractivity contribution is 5.30. The SMILES string of the molecule is [C-]#[N+]C(c1ccc(OC(F)(F)F)cc1)C(C)C. The first-order chi connectivity index (χ1) is 7.83. The Morgan fingerprint density at radius 2 is 1.71 bits per heavy atom. The average molecular weight is 243 g/mol. The largest absolute Gasteiger partial charge is 0.573 e. The van der Waals surface area contributed by atoms with Crippen molar-refractivity contribution in [3.63, 3.8) is 0 Å². The number of ether oxygens (including phenoxy) is 1. The first-order valence-corrected chi connectivity index (χ1v) is 5.06. The molecule has 1 aromatic carbocycles. The lowest BCUT2D eigenvalue weighted by Gasteiger charge is -2.11. The third kappa shape index (κ3) is 3.99. The Labute approximate surface area is 97.8 Å². The van der Waals surface area contributed by atoms with Crippen molar-refractivity contribution in [2.24, 2.45) is 5.92 Å². The lowest BCUT2D eigenvalue weighted by molar-refractivity contribution is -0.274. The summed E-state index contributed by atoms with van der Waals surface area (Å²) in [4.78, 5) is 3.45. The molecule has 1 aromatic rings. The van der Waals surface area contributed by atoms with Gasteiger partial charge in [0, 0.05) is 11.5 Å². The minimum absolute atomic E-state index is 0.113. The zero-order chi connectivity index (χ0) is 13.1. The van der Waals surface area contributed by atoms with E-state index in [4.69, 9.17) is 6.57 Å². The minimum atomic E-state index is -4.68. The number of rotatable bonds is 3. The molecule has 0 aliphatic heterocycles. The van der Waals surface area contributed by atoms with Crippen LogP contribution in [0.1, 0.15) is 25.5 Å². The van der Waals surface area contributed by atoms with Crippen LogP contribution in [0.2, 0.25) is 0 Å². The van der Waals surface area contributed by atoms with Crippen LogP contribution in [0.15, 0.2) is 24.3 Å². The van der Waals surface area contributed by atoms with Crippen molar-refractivity contribution in [3.05, 3.63) is 41.2 Å². The molecule has 0 amide bonds. The molecule has 0 saturated carbocycles. The Kier molecular flexibility index (Phi) is 4.00. The van der Waals surface area contributed by atoms with Gasteiger partial charge >= 0.3 is 6.36 Å². The van der Waals surface area contributed by atoms with Gasteiger partial charge in [-0.15, -0.1) is 13.2 Å². The van der Waals surface area contributed by atoms with Crippen LogP contribution in [0.25, 0.3) is 4.85 Å². The third-order valence-electron chi connectivity index (χ3n) is 2.23. The lowest BCUT2D eigenvalue weighted by atomic mass is 9.97. The molecule has 0 N–H and O–H groups in total. The summed E-state index contributed by atoms with van der Waals surface area (Å²) in [5, 5.41) is 0. The van der Waals surface area contributed by atoms with Gasteiger partial charge < -0.3 is 9.58 Å². The zero-order valence-electron chi connectivity index (χ0n) is 9.45. The molecule has 0 aliphatic carbocycles. The topological polar surface area (TPSA) is 13.6 Å². The molecule has 5 heteroatoms. The van der Waals surface area contributed by atoms with E-state index in [9.17, 15) is 13.2 Å². The summed E-state index contributed by atoms with van der Waals surface area (Å²) >= 11 is 0. The van der Waals surface area contributed by atoms with E-state index in [0.717, 1.165) is 0 Å². The van der Waals surface area contributed by atoms with Crippen LogP contribution < -0.4 is 4.74 Å². The Morgan fingerprint density at radius 3 is 2.06 bits per heavy atom. The van der Waals surface area contributed by atoms with Crippen LogP contribution in [0.3, 0.4) is 0 Å². The Morgan fingerprint density at radius 1 is 1.18 bits per heavy atom. The van der Waals surface area contributed by atoms with Gasteiger partial charge in [0.15, 0.2) is 0 Å². The Hall–Kier alpha value is -1.70. The molecule has 92 valence electrons. The molecule has 0 bridgehead atoms. The highest BCUT2D eigenvalue weighted by Gasteiger charge is 2.31. The van der Waals surface area contributed by atoms with Crippen molar-refractivity contribution in [1.29, 1.82) is 0 Å². The molecule has 1 atom stereocenters. The quantitative estimate of drug-likeness (QED) is 0.725. The number of hydrogen-bond donors (Lipinski definition) is 0. The smallest absolute Gasteiger partial charge is 0.406 e. The summed E-state index contributed by atoms with van der Waals surface area (Å²) in [5.74, 6) is -0.157. The van der Waals surface area contributed by atoms with Crippen LogP contribution in [0.4, 0.5) is 13.2 Å². The number of halogens is 3. The van der Waals surface area contributed by atoms with Gasteiger partial charge in [-0.1, -0.05) is 13.8 Å². The highest BCUT2D eigenvalue weighted by atomic mass is 19.4. The molecule has 0 aromatic heterocycles. The third-order valence-corrected chi connectivity index (χ3v) is 2.23. The van der Waals surface area contributed by atoms with Gasteiger partial charge in [-0.25, -0.2) is 6.57 Å². The summed E-state index contributed by atoms with van der Waals surface area (Å²) in [6, 6.07) is 5.09. The van der Waals surface area contributed by atoms with E-state index >= 15 is 0 Å². The standard InChI is InChI=1S/C12H12F3NO/c1-8(2)11(16-3)9-4-6-10(7-5-9)17-12(13,14)15/h4-8,11H,1-2H3. The second kappa shape index (κ2) is 5.09. The molecule has 0 radical (unpaired) electrons. The fourth-order valence-electron chi connectivity index (χ4n) is 1.48. The molecular formula is C12H12F3NO. The molecule has 1 rings (SSSR count). The Bertz CT molecular complexity index is 403. The summed E-state index contributed by atoms with van der Waals surface area (Å²) in [6.07, 6.45) is -4.68. The van der Waals surface area contributed by atoms with Gasteiger partial charge in [-0.05, 0) is 24.3 Å². The molecule has 0 heterocycles. The summed E-state index contributed by atoms with van der Waals surface area (Å²) < 4.78 is 39.5. The summed E-state index contributed by atoms with van der Waals surface area (Å²) in [7, 11) is 0. The van der Waals surface area contributed by atoms with E-state index < -0.39 is 6.36 Å². The van der Waals surface area contributed by atoms with Crippen molar-refractivity contribution in [3.8, 4) is 5.75 Å². The van der Waals surface area contributed by atoms with E-state index in [1.54, 1.807) is 0 Å². The summed E-state index contributed by atoms with van der Waals surface area (Å²) in [5.41, 5.74) is 0.699. The number of alkyl halides is 3. The maximum Gasteiger partial charge on any atom is 0.573 e. The van der Waals surface area contributed by atoms with E-state index in [2.05, 4.69) is 9.58 Å². The normalized spacial score (nSPS) is 13.2. The monoisotopic (exact) mass is 243 g/mol. The number of hydrogen-bond acceptors (Lipinski definition) is 1. The number of benzene rings is 1. The molecule has 2 nitrogen and oxygen atoms in total. The van der Waals surface area contributed by atoms with Crippen molar-refractivity contribution in [2.45, 2.75) is 26.3 Å². The minimum Gasteiger partial charge on any atom is -0.406 e. The van der Waals surface area contributed by atoms with Crippen LogP contribution >= 0.6 is 0 Å². The predicted octanol–water partition coefficient (Wildman–Crippen LogP) is 4.20. The fourth-order valence-corrected chi connectivity index (χ4v) is 1.48. The number of nitrogens with zero attached hydrogens (tertiary/aromatic N) is 1. The maximum atomic E-state index is 11.9. The van der Waals surface area contributed by atoms with Crippen molar-refractivity contribution >= 4 is 0 Å². The van der Waals surface area contributed by atoms with Crippen molar-refractivity contribution in [2.75, 3.05) is 0 Å². The van der Waals surface area contributed by atoms with Gasteiger partial charge in [0.05, 0.1) is 0 Å². The van der Waals surface area contributed by atoms with Crippen LogP contribution in [-0.2, 0) is 0 Å². The van der Waals surface area contributed by atoms with Gasteiger partial charge in [-0.3, -0.25) is 0 Å². The molecule has 1 unspecified atom stereocenters. The molecule has 0 fully saturated rings. The van der Waals surface area contributed by atoms with E-state index in [1.165, 1.54) is 24.3 Å². The average Bonchev–Trinajstić information content (AvgIpc) is 2.18. The fraction of sp³-hybridized carbons (Fsp3) is 0.417. The maximum absolute atomic E-state index is 11.9. The first kappa shape index (κ1) is 13.4. The van der Waals surface area contributed by atoms with Crippen LogP contribution in [-0.4, -0.2) is 6.36 Å². The van der Waals surface area contributed by atoms with Crippen LogP contribution in [0, 0.1) is 12.5 Å². The predicted molar refractivity (Wildman–Crippen MR) is 57.3 cm³/mol. The second-order valence-corrected chi connectivity index (χ2v) is 3.93. The van der Waals surface area contributed by atoms with Crippen LogP contribution in [0.5, 0.6) is 5.75 Å². The van der Waals surface area contributed by atoms with E-state index in [1.807, 2.05) is 13.8 Å². The summed E-state index contributed by atoms with van der Waals surface area (Å²) in [6.45, 7) is 10.8. The molecular weight excluding hydrogens is 231 g/mol. The lowest BCUT2D eigenvalue weighted by Crippen LogP contribution is -2.17. The van der Waals surface area contributed by atoms with Gasteiger partial charge in [0.25, 0.3) is 6.04 Å².